The number of rotatable bonds is 6. The maximum Gasteiger partial charge on any atom is 0.226 e. The third kappa shape index (κ3) is 4.31. The highest BCUT2D eigenvalue weighted by Crippen LogP contribution is 2.30. The van der Waals surface area contributed by atoms with E-state index in [1.807, 2.05) is 6.92 Å². The summed E-state index contributed by atoms with van der Waals surface area (Å²) in [5.41, 5.74) is -0.449. The van der Waals surface area contributed by atoms with Crippen LogP contribution in [0.25, 0.3) is 0 Å². The molecule has 2 fully saturated rings. The minimum Gasteiger partial charge on any atom is -0.389 e. The van der Waals surface area contributed by atoms with Crippen LogP contribution in [0.15, 0.2) is 4.52 Å². The number of aryl methyl sites for hydroxylation is 1. The topological polar surface area (TPSA) is 65.6 Å². The predicted octanol–water partition coefficient (Wildman–Crippen LogP) is 1.83. The summed E-state index contributed by atoms with van der Waals surface area (Å²) in [5, 5.41) is 14.8. The lowest BCUT2D eigenvalue weighted by molar-refractivity contribution is -0.0225. The predicted molar refractivity (Wildman–Crippen MR) is 88.0 cm³/mol. The van der Waals surface area contributed by atoms with Gasteiger partial charge in [-0.3, -0.25) is 9.80 Å². The Kier molecular flexibility index (Phi) is 5.34. The molecule has 1 aromatic rings. The summed E-state index contributed by atoms with van der Waals surface area (Å²) in [6.45, 7) is 5.68. The second kappa shape index (κ2) is 7.28. The van der Waals surface area contributed by atoms with Crippen LogP contribution in [0.1, 0.15) is 57.2 Å². The van der Waals surface area contributed by atoms with Gasteiger partial charge in [-0.1, -0.05) is 31.3 Å². The first-order valence-electron chi connectivity index (χ1n) is 9.04. The number of aromatic nitrogens is 2. The van der Waals surface area contributed by atoms with Gasteiger partial charge in [0, 0.05) is 25.6 Å². The molecule has 6 heteroatoms. The highest BCUT2D eigenvalue weighted by atomic mass is 16.5. The van der Waals surface area contributed by atoms with Crippen molar-refractivity contribution in [1.82, 2.24) is 19.9 Å². The van der Waals surface area contributed by atoms with E-state index in [2.05, 4.69) is 27.0 Å². The average Bonchev–Trinajstić information content (AvgIpc) is 3.17. The summed E-state index contributed by atoms with van der Waals surface area (Å²) in [6, 6.07) is 0.505. The Morgan fingerprint density at radius 3 is 2.83 bits per heavy atom. The summed E-state index contributed by atoms with van der Waals surface area (Å²) in [4.78, 5) is 9.14. The zero-order chi connectivity index (χ0) is 16.3. The van der Waals surface area contributed by atoms with Crippen molar-refractivity contribution in [2.24, 2.45) is 0 Å². The highest BCUT2D eigenvalue weighted by Gasteiger charge is 2.35. The van der Waals surface area contributed by atoms with E-state index >= 15 is 0 Å². The first-order valence-corrected chi connectivity index (χ1v) is 9.04. The van der Waals surface area contributed by atoms with Gasteiger partial charge in [0.1, 0.15) is 0 Å². The fraction of sp³-hybridized carbons (Fsp3) is 0.882. The zero-order valence-electron chi connectivity index (χ0n) is 14.5. The number of hydrogen-bond acceptors (Lipinski definition) is 6. The second-order valence-corrected chi connectivity index (χ2v) is 7.34. The van der Waals surface area contributed by atoms with Gasteiger partial charge in [-0.25, -0.2) is 0 Å². The van der Waals surface area contributed by atoms with Crippen LogP contribution < -0.4 is 0 Å². The van der Waals surface area contributed by atoms with Crippen LogP contribution in [0, 0.1) is 0 Å². The van der Waals surface area contributed by atoms with E-state index in [0.717, 1.165) is 57.7 Å². The molecule has 1 saturated heterocycles. The Bertz CT molecular complexity index is 499. The smallest absolute Gasteiger partial charge is 0.226 e. The molecule has 1 aromatic heterocycles. The molecule has 1 saturated carbocycles. The monoisotopic (exact) mass is 322 g/mol. The molecule has 1 unspecified atom stereocenters. The first-order chi connectivity index (χ1) is 11.1. The van der Waals surface area contributed by atoms with Crippen molar-refractivity contribution in [3.8, 4) is 0 Å². The molecular formula is C17H30N4O2. The Balaban J connectivity index is 1.48. The van der Waals surface area contributed by atoms with Crippen molar-refractivity contribution in [2.45, 2.75) is 70.1 Å². The van der Waals surface area contributed by atoms with Gasteiger partial charge < -0.3 is 9.63 Å². The molecule has 0 spiro atoms. The van der Waals surface area contributed by atoms with Crippen molar-refractivity contribution in [3.63, 3.8) is 0 Å². The summed E-state index contributed by atoms with van der Waals surface area (Å²) in [7, 11) is 2.13. The zero-order valence-corrected chi connectivity index (χ0v) is 14.5. The van der Waals surface area contributed by atoms with E-state index in [1.165, 1.54) is 19.3 Å². The van der Waals surface area contributed by atoms with E-state index in [1.54, 1.807) is 0 Å². The van der Waals surface area contributed by atoms with E-state index in [0.29, 0.717) is 11.9 Å². The maximum atomic E-state index is 10.7. The number of β-amino-alcohol motifs (C(OH)–C–C–N with tert-alkyl or cyclic N) is 1. The van der Waals surface area contributed by atoms with Crippen molar-refractivity contribution in [3.05, 3.63) is 11.7 Å². The van der Waals surface area contributed by atoms with Gasteiger partial charge in [0.25, 0.3) is 0 Å². The number of likely N-dealkylation sites (N-methyl/N-ethyl adjacent to an activating group) is 1. The molecule has 6 nitrogen and oxygen atoms in total. The van der Waals surface area contributed by atoms with Gasteiger partial charge in [0.15, 0.2) is 5.82 Å². The van der Waals surface area contributed by atoms with E-state index < -0.39 is 5.60 Å². The van der Waals surface area contributed by atoms with Crippen LogP contribution in [-0.4, -0.2) is 63.4 Å². The fourth-order valence-corrected chi connectivity index (χ4v) is 3.95. The van der Waals surface area contributed by atoms with Crippen molar-refractivity contribution in [1.29, 1.82) is 0 Å². The van der Waals surface area contributed by atoms with Crippen LogP contribution in [0.3, 0.4) is 0 Å². The van der Waals surface area contributed by atoms with Gasteiger partial charge >= 0.3 is 0 Å². The lowest BCUT2D eigenvalue weighted by atomic mass is 9.84. The number of hydrogen-bond donors (Lipinski definition) is 1. The quantitative estimate of drug-likeness (QED) is 0.862. The molecule has 1 aliphatic carbocycles. The van der Waals surface area contributed by atoms with Crippen LogP contribution in [-0.2, 0) is 13.0 Å². The number of aliphatic hydroxyl groups is 1. The van der Waals surface area contributed by atoms with E-state index in [9.17, 15) is 5.11 Å². The second-order valence-electron chi connectivity index (χ2n) is 7.34. The molecule has 3 rings (SSSR count). The molecular weight excluding hydrogens is 292 g/mol. The van der Waals surface area contributed by atoms with Gasteiger partial charge in [-0.2, -0.15) is 4.98 Å². The van der Waals surface area contributed by atoms with Gasteiger partial charge in [-0.15, -0.1) is 0 Å². The molecule has 1 atom stereocenters. The summed E-state index contributed by atoms with van der Waals surface area (Å²) >= 11 is 0. The molecule has 2 heterocycles. The Morgan fingerprint density at radius 2 is 2.13 bits per heavy atom. The van der Waals surface area contributed by atoms with Crippen LogP contribution in [0.5, 0.6) is 0 Å². The molecule has 0 radical (unpaired) electrons. The Hall–Kier alpha value is -0.980. The third-order valence-corrected chi connectivity index (χ3v) is 5.38. The lowest BCUT2D eigenvalue weighted by Crippen LogP contribution is -2.44. The molecule has 0 amide bonds. The van der Waals surface area contributed by atoms with Crippen LogP contribution in [0.2, 0.25) is 0 Å². The largest absolute Gasteiger partial charge is 0.389 e. The number of nitrogens with zero attached hydrogens (tertiary/aromatic N) is 4. The standard InChI is InChI=1S/C17H30N4O2/c1-3-16-18-15(19-23-16)12-20(2)14-7-10-21(11-14)13-17(22)8-5-4-6-9-17/h14,22H,3-13H2,1-2H3. The van der Waals surface area contributed by atoms with Crippen molar-refractivity contribution < 1.29 is 9.63 Å². The minimum atomic E-state index is -0.449. The molecule has 2 aliphatic rings. The van der Waals surface area contributed by atoms with Gasteiger partial charge in [0.2, 0.25) is 5.89 Å². The van der Waals surface area contributed by atoms with Crippen LogP contribution in [0.4, 0.5) is 0 Å². The maximum absolute atomic E-state index is 10.7. The molecule has 1 N–H and O–H groups in total. The highest BCUT2D eigenvalue weighted by molar-refractivity contribution is 4.92. The Morgan fingerprint density at radius 1 is 1.35 bits per heavy atom. The van der Waals surface area contributed by atoms with Gasteiger partial charge in [0.05, 0.1) is 12.1 Å². The SMILES string of the molecule is CCc1nc(CN(C)C2CCN(CC3(O)CCCCC3)C2)no1. The van der Waals surface area contributed by atoms with Crippen molar-refractivity contribution >= 4 is 0 Å². The fourth-order valence-electron chi connectivity index (χ4n) is 3.95. The molecule has 0 bridgehead atoms. The van der Waals surface area contributed by atoms with Crippen molar-refractivity contribution in [2.75, 3.05) is 26.7 Å². The molecule has 1 aliphatic heterocycles. The van der Waals surface area contributed by atoms with E-state index in [-0.39, 0.29) is 0 Å². The lowest BCUT2D eigenvalue weighted by Gasteiger charge is -2.35. The normalized spacial score (nSPS) is 25.3. The first kappa shape index (κ1) is 16.9. The molecule has 0 aromatic carbocycles. The van der Waals surface area contributed by atoms with Gasteiger partial charge in [-0.05, 0) is 32.9 Å². The van der Waals surface area contributed by atoms with Crippen LogP contribution >= 0.6 is 0 Å². The average molecular weight is 322 g/mol. The molecule has 130 valence electrons. The summed E-state index contributed by atoms with van der Waals surface area (Å²) in [5.74, 6) is 1.48. The Labute approximate surface area is 138 Å². The van der Waals surface area contributed by atoms with E-state index in [4.69, 9.17) is 4.52 Å². The summed E-state index contributed by atoms with van der Waals surface area (Å²) < 4.78 is 5.18. The summed E-state index contributed by atoms with van der Waals surface area (Å²) in [6.07, 6.45) is 7.48. The number of likely N-dealkylation sites (tertiary alicyclic amines) is 1. The third-order valence-electron chi connectivity index (χ3n) is 5.38. The molecule has 23 heavy (non-hydrogen) atoms. The minimum absolute atomic E-state index is 0.449.